The average Bonchev–Trinajstić information content (AvgIpc) is 2.59. The SMILES string of the molecule is OC1CCCC1c1occc1Br. The van der Waals surface area contributed by atoms with Gasteiger partial charge in [0.05, 0.1) is 16.8 Å². The molecule has 1 aromatic rings. The molecule has 1 fully saturated rings. The molecule has 12 heavy (non-hydrogen) atoms. The normalized spacial score (nSPS) is 29.5. The summed E-state index contributed by atoms with van der Waals surface area (Å²) in [6, 6.07) is 1.88. The van der Waals surface area contributed by atoms with Gasteiger partial charge in [-0.1, -0.05) is 6.42 Å². The summed E-state index contributed by atoms with van der Waals surface area (Å²) in [5.74, 6) is 1.11. The highest BCUT2D eigenvalue weighted by molar-refractivity contribution is 9.10. The summed E-state index contributed by atoms with van der Waals surface area (Å²) in [7, 11) is 0. The van der Waals surface area contributed by atoms with Crippen LogP contribution < -0.4 is 0 Å². The third-order valence-corrected chi connectivity index (χ3v) is 3.12. The maximum Gasteiger partial charge on any atom is 0.123 e. The van der Waals surface area contributed by atoms with Crippen LogP contribution in [0.3, 0.4) is 0 Å². The van der Waals surface area contributed by atoms with Crippen LogP contribution in [-0.4, -0.2) is 11.2 Å². The number of furan rings is 1. The van der Waals surface area contributed by atoms with Crippen molar-refractivity contribution in [2.45, 2.75) is 31.3 Å². The Kier molecular flexibility index (Phi) is 2.24. The van der Waals surface area contributed by atoms with E-state index in [9.17, 15) is 5.11 Å². The first-order valence-corrected chi connectivity index (χ1v) is 4.99. The average molecular weight is 231 g/mol. The minimum absolute atomic E-state index is 0.203. The van der Waals surface area contributed by atoms with Crippen LogP contribution in [0.25, 0.3) is 0 Å². The summed E-state index contributed by atoms with van der Waals surface area (Å²) in [6.45, 7) is 0. The van der Waals surface area contributed by atoms with E-state index in [0.29, 0.717) is 0 Å². The number of halogens is 1. The van der Waals surface area contributed by atoms with Crippen LogP contribution in [-0.2, 0) is 0 Å². The number of hydrogen-bond acceptors (Lipinski definition) is 2. The van der Waals surface area contributed by atoms with E-state index in [1.807, 2.05) is 6.07 Å². The Balaban J connectivity index is 2.24. The van der Waals surface area contributed by atoms with Gasteiger partial charge in [0.15, 0.2) is 0 Å². The van der Waals surface area contributed by atoms with Crippen molar-refractivity contribution in [2.75, 3.05) is 0 Å². The van der Waals surface area contributed by atoms with Gasteiger partial charge in [-0.3, -0.25) is 0 Å². The smallest absolute Gasteiger partial charge is 0.123 e. The molecule has 66 valence electrons. The number of aliphatic hydroxyl groups excluding tert-OH is 1. The van der Waals surface area contributed by atoms with Crippen LogP contribution in [0.4, 0.5) is 0 Å². The van der Waals surface area contributed by atoms with Crippen molar-refractivity contribution in [3.05, 3.63) is 22.6 Å². The highest BCUT2D eigenvalue weighted by Gasteiger charge is 2.30. The molecule has 0 radical (unpaired) electrons. The lowest BCUT2D eigenvalue weighted by Crippen LogP contribution is -2.10. The molecule has 0 amide bonds. The Labute approximate surface area is 79.7 Å². The quantitative estimate of drug-likeness (QED) is 0.805. The predicted octanol–water partition coefficient (Wildman–Crippen LogP) is 2.67. The minimum atomic E-state index is -0.215. The Hall–Kier alpha value is -0.280. The van der Waals surface area contributed by atoms with Gasteiger partial charge in [0.1, 0.15) is 5.76 Å². The zero-order valence-corrected chi connectivity index (χ0v) is 8.25. The van der Waals surface area contributed by atoms with Gasteiger partial charge in [0.25, 0.3) is 0 Å². The van der Waals surface area contributed by atoms with E-state index < -0.39 is 0 Å². The maximum atomic E-state index is 9.60. The molecule has 0 spiro atoms. The summed E-state index contributed by atoms with van der Waals surface area (Å²) >= 11 is 3.40. The van der Waals surface area contributed by atoms with Gasteiger partial charge in [-0.05, 0) is 34.8 Å². The first-order chi connectivity index (χ1) is 5.79. The van der Waals surface area contributed by atoms with Crippen molar-refractivity contribution >= 4 is 15.9 Å². The van der Waals surface area contributed by atoms with Gasteiger partial charge in [0.2, 0.25) is 0 Å². The molecule has 1 aliphatic carbocycles. The molecule has 1 heterocycles. The fraction of sp³-hybridized carbons (Fsp3) is 0.556. The largest absolute Gasteiger partial charge is 0.468 e. The van der Waals surface area contributed by atoms with Crippen LogP contribution >= 0.6 is 15.9 Å². The van der Waals surface area contributed by atoms with Gasteiger partial charge in [-0.25, -0.2) is 0 Å². The lowest BCUT2D eigenvalue weighted by molar-refractivity contribution is 0.154. The Bertz CT molecular complexity index is 269. The number of rotatable bonds is 1. The molecule has 0 bridgehead atoms. The summed E-state index contributed by atoms with van der Waals surface area (Å²) in [5.41, 5.74) is 0. The first-order valence-electron chi connectivity index (χ1n) is 4.20. The third kappa shape index (κ3) is 1.31. The maximum absolute atomic E-state index is 9.60. The van der Waals surface area contributed by atoms with E-state index in [-0.39, 0.29) is 12.0 Å². The van der Waals surface area contributed by atoms with Crippen molar-refractivity contribution in [1.29, 1.82) is 0 Å². The van der Waals surface area contributed by atoms with Gasteiger partial charge < -0.3 is 9.52 Å². The summed E-state index contributed by atoms with van der Waals surface area (Å²) < 4.78 is 6.29. The molecular formula is C9H11BrO2. The summed E-state index contributed by atoms with van der Waals surface area (Å²) in [5, 5.41) is 9.60. The zero-order chi connectivity index (χ0) is 8.55. The highest BCUT2D eigenvalue weighted by atomic mass is 79.9. The predicted molar refractivity (Wildman–Crippen MR) is 49.0 cm³/mol. The molecule has 3 heteroatoms. The van der Waals surface area contributed by atoms with Gasteiger partial charge in [-0.15, -0.1) is 0 Å². The van der Waals surface area contributed by atoms with Crippen LogP contribution in [0.15, 0.2) is 21.2 Å². The molecule has 1 aliphatic rings. The fourth-order valence-electron chi connectivity index (χ4n) is 1.82. The minimum Gasteiger partial charge on any atom is -0.468 e. The van der Waals surface area contributed by atoms with Crippen LogP contribution in [0.1, 0.15) is 30.9 Å². The molecule has 2 atom stereocenters. The zero-order valence-electron chi connectivity index (χ0n) is 6.66. The van der Waals surface area contributed by atoms with Gasteiger partial charge >= 0.3 is 0 Å². The lowest BCUT2D eigenvalue weighted by Gasteiger charge is -2.11. The Morgan fingerprint density at radius 2 is 2.33 bits per heavy atom. The lowest BCUT2D eigenvalue weighted by atomic mass is 10.0. The summed E-state index contributed by atoms with van der Waals surface area (Å²) in [6.07, 6.45) is 4.47. The second-order valence-corrected chi connectivity index (χ2v) is 4.09. The second kappa shape index (κ2) is 3.23. The Morgan fingerprint density at radius 3 is 2.83 bits per heavy atom. The van der Waals surface area contributed by atoms with Gasteiger partial charge in [0, 0.05) is 5.92 Å². The molecule has 0 aliphatic heterocycles. The molecule has 1 saturated carbocycles. The summed E-state index contributed by atoms with van der Waals surface area (Å²) in [4.78, 5) is 0. The van der Waals surface area contributed by atoms with E-state index >= 15 is 0 Å². The molecule has 2 nitrogen and oxygen atoms in total. The number of hydrogen-bond donors (Lipinski definition) is 1. The monoisotopic (exact) mass is 230 g/mol. The second-order valence-electron chi connectivity index (χ2n) is 3.24. The van der Waals surface area contributed by atoms with E-state index in [1.54, 1.807) is 6.26 Å². The van der Waals surface area contributed by atoms with E-state index in [0.717, 1.165) is 29.5 Å². The van der Waals surface area contributed by atoms with Crippen LogP contribution in [0.5, 0.6) is 0 Å². The Morgan fingerprint density at radius 1 is 1.50 bits per heavy atom. The van der Waals surface area contributed by atoms with E-state index in [1.165, 1.54) is 0 Å². The van der Waals surface area contributed by atoms with Crippen LogP contribution in [0, 0.1) is 0 Å². The first kappa shape index (κ1) is 8.32. The molecule has 1 aromatic heterocycles. The molecule has 0 saturated heterocycles. The number of aliphatic hydroxyl groups is 1. The third-order valence-electron chi connectivity index (χ3n) is 2.46. The molecule has 0 aromatic carbocycles. The molecule has 2 rings (SSSR count). The van der Waals surface area contributed by atoms with Crippen LogP contribution in [0.2, 0.25) is 0 Å². The fourth-order valence-corrected chi connectivity index (χ4v) is 2.31. The van der Waals surface area contributed by atoms with Gasteiger partial charge in [-0.2, -0.15) is 0 Å². The van der Waals surface area contributed by atoms with Crippen molar-refractivity contribution in [1.82, 2.24) is 0 Å². The van der Waals surface area contributed by atoms with Crippen molar-refractivity contribution < 1.29 is 9.52 Å². The highest BCUT2D eigenvalue weighted by Crippen LogP contribution is 2.38. The van der Waals surface area contributed by atoms with E-state index in [4.69, 9.17) is 4.42 Å². The van der Waals surface area contributed by atoms with Crippen molar-refractivity contribution in [3.63, 3.8) is 0 Å². The topological polar surface area (TPSA) is 33.4 Å². The van der Waals surface area contributed by atoms with Crippen molar-refractivity contribution in [3.8, 4) is 0 Å². The molecule has 2 unspecified atom stereocenters. The van der Waals surface area contributed by atoms with E-state index in [2.05, 4.69) is 15.9 Å². The molecular weight excluding hydrogens is 220 g/mol. The standard InChI is InChI=1S/C9H11BrO2/c10-7-4-5-12-9(7)6-2-1-3-8(6)11/h4-6,8,11H,1-3H2. The van der Waals surface area contributed by atoms with Crippen molar-refractivity contribution in [2.24, 2.45) is 0 Å². The molecule has 1 N–H and O–H groups in total.